The lowest BCUT2D eigenvalue weighted by Gasteiger charge is -2.13. The minimum atomic E-state index is -0.122. The van der Waals surface area contributed by atoms with E-state index >= 15 is 0 Å². The van der Waals surface area contributed by atoms with Gasteiger partial charge < -0.3 is 14.8 Å². The molecule has 106 valence electrons. The third-order valence-electron chi connectivity index (χ3n) is 2.68. The Hall–Kier alpha value is -1.11. The number of rotatable bonds is 4. The predicted molar refractivity (Wildman–Crippen MR) is 79.7 cm³/mol. The Bertz CT molecular complexity index is 439. The molecule has 1 amide bonds. The zero-order chi connectivity index (χ0) is 13.0. The Morgan fingerprint density at radius 2 is 2.11 bits per heavy atom. The van der Waals surface area contributed by atoms with Crippen molar-refractivity contribution in [1.29, 1.82) is 0 Å². The van der Waals surface area contributed by atoms with Crippen molar-refractivity contribution in [3.05, 3.63) is 18.2 Å². The molecular formula is C12H17ClN2O3S. The molecule has 1 aromatic carbocycles. The summed E-state index contributed by atoms with van der Waals surface area (Å²) in [5.74, 6) is 2.85. The molecule has 2 rings (SSSR count). The van der Waals surface area contributed by atoms with Crippen molar-refractivity contribution in [1.82, 2.24) is 5.32 Å². The number of thioether (sulfide) groups is 1. The molecule has 2 N–H and O–H groups in total. The first-order valence-electron chi connectivity index (χ1n) is 5.58. The van der Waals surface area contributed by atoms with Crippen LogP contribution in [0.2, 0.25) is 0 Å². The van der Waals surface area contributed by atoms with Crippen molar-refractivity contribution >= 4 is 35.8 Å². The summed E-state index contributed by atoms with van der Waals surface area (Å²) in [6, 6.07) is 5.19. The third-order valence-corrected chi connectivity index (χ3v) is 3.62. The highest BCUT2D eigenvalue weighted by Crippen LogP contribution is 2.29. The fraction of sp³-hybridized carbons (Fsp3) is 0.417. The Morgan fingerprint density at radius 1 is 1.37 bits per heavy atom. The van der Waals surface area contributed by atoms with Gasteiger partial charge in [-0.1, -0.05) is 0 Å². The van der Waals surface area contributed by atoms with E-state index in [0.717, 1.165) is 11.6 Å². The molecular weight excluding hydrogens is 288 g/mol. The van der Waals surface area contributed by atoms with Crippen molar-refractivity contribution in [2.75, 3.05) is 31.2 Å². The van der Waals surface area contributed by atoms with Gasteiger partial charge in [0.15, 0.2) is 11.5 Å². The van der Waals surface area contributed by atoms with Gasteiger partial charge >= 0.3 is 0 Å². The van der Waals surface area contributed by atoms with Gasteiger partial charge in [0.25, 0.3) is 0 Å². The van der Waals surface area contributed by atoms with Gasteiger partial charge in [0.05, 0.1) is 20.3 Å². The van der Waals surface area contributed by atoms with E-state index in [9.17, 15) is 4.79 Å². The van der Waals surface area contributed by atoms with Crippen LogP contribution in [0, 0.1) is 0 Å². The summed E-state index contributed by atoms with van der Waals surface area (Å²) in [7, 11) is 3.15. The highest BCUT2D eigenvalue weighted by molar-refractivity contribution is 7.99. The van der Waals surface area contributed by atoms with Crippen LogP contribution in [0.1, 0.15) is 0 Å². The standard InChI is InChI=1S/C12H16N2O3S.ClH/c1-16-10-4-3-8(5-11(10)17-2)14-12(15)9-6-18-7-13-9;/h3-5,9,13H,6-7H2,1-2H3,(H,14,15);1H. The normalized spacial score (nSPS) is 17.5. The smallest absolute Gasteiger partial charge is 0.242 e. The number of carbonyl (C=O) groups excluding carboxylic acids is 1. The van der Waals surface area contributed by atoms with Crippen LogP contribution < -0.4 is 20.1 Å². The minimum absolute atomic E-state index is 0. The molecule has 1 atom stereocenters. The lowest BCUT2D eigenvalue weighted by Crippen LogP contribution is -2.37. The van der Waals surface area contributed by atoms with Gasteiger partial charge in [-0.3, -0.25) is 10.1 Å². The number of halogens is 1. The van der Waals surface area contributed by atoms with E-state index in [1.165, 1.54) is 0 Å². The first-order valence-corrected chi connectivity index (χ1v) is 6.74. The van der Waals surface area contributed by atoms with E-state index < -0.39 is 0 Å². The van der Waals surface area contributed by atoms with Crippen LogP contribution in [0.15, 0.2) is 18.2 Å². The first-order chi connectivity index (χ1) is 8.74. The van der Waals surface area contributed by atoms with E-state index in [2.05, 4.69) is 10.6 Å². The lowest BCUT2D eigenvalue weighted by molar-refractivity contribution is -0.117. The van der Waals surface area contributed by atoms with Crippen molar-refractivity contribution in [2.24, 2.45) is 0 Å². The Balaban J connectivity index is 0.00000180. The maximum absolute atomic E-state index is 11.9. The molecule has 1 fully saturated rings. The van der Waals surface area contributed by atoms with Crippen molar-refractivity contribution in [3.8, 4) is 11.5 Å². The monoisotopic (exact) mass is 304 g/mol. The molecule has 0 spiro atoms. The van der Waals surface area contributed by atoms with Gasteiger partial charge in [-0.15, -0.1) is 24.2 Å². The van der Waals surface area contributed by atoms with Crippen LogP contribution in [0.4, 0.5) is 5.69 Å². The first kappa shape index (κ1) is 15.9. The van der Waals surface area contributed by atoms with Crippen LogP contribution in [0.3, 0.4) is 0 Å². The molecule has 7 heteroatoms. The summed E-state index contributed by atoms with van der Waals surface area (Å²) in [6.07, 6.45) is 0. The van der Waals surface area contributed by atoms with E-state index in [4.69, 9.17) is 9.47 Å². The van der Waals surface area contributed by atoms with E-state index in [1.54, 1.807) is 44.2 Å². The van der Waals surface area contributed by atoms with Crippen molar-refractivity contribution in [2.45, 2.75) is 6.04 Å². The van der Waals surface area contributed by atoms with E-state index in [0.29, 0.717) is 17.2 Å². The summed E-state index contributed by atoms with van der Waals surface area (Å²) in [5.41, 5.74) is 0.705. The molecule has 1 aliphatic heterocycles. The molecule has 1 heterocycles. The summed E-state index contributed by atoms with van der Waals surface area (Å²) in [5, 5.41) is 5.98. The zero-order valence-corrected chi connectivity index (χ0v) is 12.4. The number of amides is 1. The number of anilines is 1. The topological polar surface area (TPSA) is 59.6 Å². The number of benzene rings is 1. The fourth-order valence-electron chi connectivity index (χ4n) is 1.71. The summed E-state index contributed by atoms with van der Waals surface area (Å²) in [6.45, 7) is 0. The van der Waals surface area contributed by atoms with E-state index in [1.807, 2.05) is 0 Å². The Kier molecular flexibility index (Phi) is 6.27. The molecule has 0 radical (unpaired) electrons. The average Bonchev–Trinajstić information content (AvgIpc) is 2.92. The highest BCUT2D eigenvalue weighted by Gasteiger charge is 2.22. The SMILES string of the molecule is COc1ccc(NC(=O)C2CSCN2)cc1OC.Cl. The molecule has 19 heavy (non-hydrogen) atoms. The summed E-state index contributed by atoms with van der Waals surface area (Å²) < 4.78 is 10.3. The van der Waals surface area contributed by atoms with Crippen molar-refractivity contribution in [3.63, 3.8) is 0 Å². The molecule has 0 saturated carbocycles. The predicted octanol–water partition coefficient (Wildman–Crippen LogP) is 1.73. The van der Waals surface area contributed by atoms with Crippen LogP contribution in [0.25, 0.3) is 0 Å². The van der Waals surface area contributed by atoms with Crippen molar-refractivity contribution < 1.29 is 14.3 Å². The second kappa shape index (κ2) is 7.47. The number of ether oxygens (including phenoxy) is 2. The summed E-state index contributed by atoms with van der Waals surface area (Å²) in [4.78, 5) is 11.9. The minimum Gasteiger partial charge on any atom is -0.493 e. The quantitative estimate of drug-likeness (QED) is 0.887. The average molecular weight is 305 g/mol. The largest absolute Gasteiger partial charge is 0.493 e. The fourth-order valence-corrected chi connectivity index (χ4v) is 2.65. The van der Waals surface area contributed by atoms with Crippen LogP contribution in [-0.4, -0.2) is 37.8 Å². The van der Waals surface area contributed by atoms with Gasteiger partial charge in [-0.25, -0.2) is 0 Å². The number of hydrogen-bond donors (Lipinski definition) is 2. The van der Waals surface area contributed by atoms with Gasteiger partial charge in [-0.05, 0) is 12.1 Å². The second-order valence-electron chi connectivity index (χ2n) is 3.83. The summed E-state index contributed by atoms with van der Waals surface area (Å²) >= 11 is 1.72. The second-order valence-corrected chi connectivity index (χ2v) is 4.86. The maximum Gasteiger partial charge on any atom is 0.242 e. The Labute approximate surface area is 122 Å². The zero-order valence-electron chi connectivity index (χ0n) is 10.8. The highest BCUT2D eigenvalue weighted by atomic mass is 35.5. The Morgan fingerprint density at radius 3 is 2.68 bits per heavy atom. The van der Waals surface area contributed by atoms with Gasteiger partial charge in [-0.2, -0.15) is 0 Å². The molecule has 5 nitrogen and oxygen atoms in total. The maximum atomic E-state index is 11.9. The number of methoxy groups -OCH3 is 2. The van der Waals surface area contributed by atoms with Gasteiger partial charge in [0, 0.05) is 23.4 Å². The van der Waals surface area contributed by atoms with Crippen LogP contribution >= 0.6 is 24.2 Å². The molecule has 1 aromatic rings. The number of carbonyl (C=O) groups is 1. The molecule has 1 unspecified atom stereocenters. The van der Waals surface area contributed by atoms with Gasteiger partial charge in [0.2, 0.25) is 5.91 Å². The van der Waals surface area contributed by atoms with Gasteiger partial charge in [0.1, 0.15) is 0 Å². The number of nitrogens with one attached hydrogen (secondary N) is 2. The molecule has 0 bridgehead atoms. The molecule has 1 saturated heterocycles. The molecule has 0 aromatic heterocycles. The lowest BCUT2D eigenvalue weighted by atomic mass is 10.2. The molecule has 0 aliphatic carbocycles. The van der Waals surface area contributed by atoms with Crippen LogP contribution in [0.5, 0.6) is 11.5 Å². The number of hydrogen-bond acceptors (Lipinski definition) is 5. The third kappa shape index (κ3) is 3.92. The van der Waals surface area contributed by atoms with Crippen LogP contribution in [-0.2, 0) is 4.79 Å². The van der Waals surface area contributed by atoms with E-state index in [-0.39, 0.29) is 24.4 Å². The molecule has 1 aliphatic rings.